The highest BCUT2D eigenvalue weighted by atomic mass is 16.6. The lowest BCUT2D eigenvalue weighted by atomic mass is 9.96. The quantitative estimate of drug-likeness (QED) is 0.619. The van der Waals surface area contributed by atoms with Crippen LogP contribution in [0.5, 0.6) is 0 Å². The highest BCUT2D eigenvalue weighted by Crippen LogP contribution is 2.16. The molecule has 0 radical (unpaired) electrons. The lowest BCUT2D eigenvalue weighted by molar-refractivity contribution is -0.165. The molecule has 0 aromatic rings. The summed E-state index contributed by atoms with van der Waals surface area (Å²) in [6, 6.07) is -0.392. The van der Waals surface area contributed by atoms with Gasteiger partial charge in [0.1, 0.15) is 6.61 Å². The van der Waals surface area contributed by atoms with Gasteiger partial charge in [-0.15, -0.1) is 0 Å². The maximum absolute atomic E-state index is 11.7. The largest absolute Gasteiger partial charge is 0.461 e. The molecule has 0 aromatic heterocycles. The third-order valence-electron chi connectivity index (χ3n) is 3.08. The lowest BCUT2D eigenvalue weighted by Gasteiger charge is -2.31. The number of likely N-dealkylation sites (tertiary alicyclic amines) is 1. The Hall–Kier alpha value is -1.10. The van der Waals surface area contributed by atoms with E-state index < -0.39 is 6.04 Å². The van der Waals surface area contributed by atoms with Crippen LogP contribution >= 0.6 is 0 Å². The minimum Gasteiger partial charge on any atom is -0.461 e. The molecule has 0 saturated carbocycles. The summed E-state index contributed by atoms with van der Waals surface area (Å²) in [6.45, 7) is 2.23. The van der Waals surface area contributed by atoms with Gasteiger partial charge in [0.2, 0.25) is 5.91 Å². The SMILES string of the molecule is CN1CCC(C(=O)NC2COC2=O)CC1. The first-order valence-corrected chi connectivity index (χ1v) is 5.32. The van der Waals surface area contributed by atoms with Gasteiger partial charge in [0.05, 0.1) is 0 Å². The van der Waals surface area contributed by atoms with Crippen LogP contribution in [0.25, 0.3) is 0 Å². The van der Waals surface area contributed by atoms with Crippen LogP contribution in [0.2, 0.25) is 0 Å². The van der Waals surface area contributed by atoms with Crippen molar-refractivity contribution in [2.45, 2.75) is 18.9 Å². The van der Waals surface area contributed by atoms with Crippen molar-refractivity contribution in [2.24, 2.45) is 5.92 Å². The highest BCUT2D eigenvalue weighted by Gasteiger charge is 2.34. The van der Waals surface area contributed by atoms with Crippen LogP contribution < -0.4 is 5.32 Å². The number of hydrogen-bond acceptors (Lipinski definition) is 4. The second-order valence-electron chi connectivity index (χ2n) is 4.27. The van der Waals surface area contributed by atoms with Crippen molar-refractivity contribution in [3.8, 4) is 0 Å². The molecule has 15 heavy (non-hydrogen) atoms. The van der Waals surface area contributed by atoms with E-state index in [1.54, 1.807) is 0 Å². The molecule has 5 heteroatoms. The van der Waals surface area contributed by atoms with Crippen molar-refractivity contribution in [1.29, 1.82) is 0 Å². The molecule has 2 heterocycles. The van der Waals surface area contributed by atoms with Gasteiger partial charge < -0.3 is 15.0 Å². The van der Waals surface area contributed by atoms with Crippen molar-refractivity contribution in [3.63, 3.8) is 0 Å². The van der Waals surface area contributed by atoms with E-state index in [-0.39, 0.29) is 17.8 Å². The molecule has 5 nitrogen and oxygen atoms in total. The molecule has 0 aromatic carbocycles. The Balaban J connectivity index is 1.78. The fourth-order valence-corrected chi connectivity index (χ4v) is 1.90. The van der Waals surface area contributed by atoms with Crippen LogP contribution in [-0.4, -0.2) is 49.6 Å². The first-order chi connectivity index (χ1) is 7.16. The number of amides is 1. The summed E-state index contributed by atoms with van der Waals surface area (Å²) >= 11 is 0. The molecule has 2 aliphatic heterocycles. The zero-order valence-electron chi connectivity index (χ0n) is 8.86. The van der Waals surface area contributed by atoms with E-state index in [1.165, 1.54) is 0 Å². The van der Waals surface area contributed by atoms with Gasteiger partial charge in [-0.05, 0) is 33.0 Å². The van der Waals surface area contributed by atoms with Gasteiger partial charge in [0.25, 0.3) is 0 Å². The summed E-state index contributed by atoms with van der Waals surface area (Å²) in [6.07, 6.45) is 1.76. The molecule has 84 valence electrons. The minimum atomic E-state index is -0.392. The first kappa shape index (κ1) is 10.4. The Morgan fingerprint density at radius 1 is 1.47 bits per heavy atom. The molecule has 0 bridgehead atoms. The van der Waals surface area contributed by atoms with E-state index in [9.17, 15) is 9.59 Å². The lowest BCUT2D eigenvalue weighted by Crippen LogP contribution is -2.55. The second-order valence-corrected chi connectivity index (χ2v) is 4.27. The second kappa shape index (κ2) is 4.18. The number of nitrogens with one attached hydrogen (secondary N) is 1. The standard InChI is InChI=1S/C10H16N2O3/c1-12-4-2-7(3-5-12)9(13)11-8-6-15-10(8)14/h7-8H,2-6H2,1H3,(H,11,13). The number of piperidine rings is 1. The van der Waals surface area contributed by atoms with Crippen molar-refractivity contribution < 1.29 is 14.3 Å². The summed E-state index contributed by atoms with van der Waals surface area (Å²) < 4.78 is 4.59. The molecule has 0 spiro atoms. The van der Waals surface area contributed by atoms with Crippen molar-refractivity contribution in [1.82, 2.24) is 10.2 Å². The number of cyclic esters (lactones) is 1. The number of hydrogen-bond donors (Lipinski definition) is 1. The van der Waals surface area contributed by atoms with Crippen molar-refractivity contribution in [3.05, 3.63) is 0 Å². The highest BCUT2D eigenvalue weighted by molar-refractivity contribution is 5.88. The average molecular weight is 212 g/mol. The molecule has 2 rings (SSSR count). The topological polar surface area (TPSA) is 58.6 Å². The number of nitrogens with zero attached hydrogens (tertiary/aromatic N) is 1. The van der Waals surface area contributed by atoms with Crippen LogP contribution in [0.1, 0.15) is 12.8 Å². The van der Waals surface area contributed by atoms with E-state index in [1.807, 2.05) is 0 Å². The Labute approximate surface area is 88.8 Å². The maximum atomic E-state index is 11.7. The molecule has 2 aliphatic rings. The number of carbonyl (C=O) groups excluding carboxylic acids is 2. The van der Waals surface area contributed by atoms with Gasteiger partial charge in [0, 0.05) is 5.92 Å². The Morgan fingerprint density at radius 3 is 2.60 bits per heavy atom. The zero-order valence-corrected chi connectivity index (χ0v) is 8.86. The minimum absolute atomic E-state index is 0.00440. The van der Waals surface area contributed by atoms with Crippen LogP contribution in [0.15, 0.2) is 0 Å². The third-order valence-corrected chi connectivity index (χ3v) is 3.08. The molecule has 1 unspecified atom stereocenters. The van der Waals surface area contributed by atoms with Crippen molar-refractivity contribution in [2.75, 3.05) is 26.7 Å². The van der Waals surface area contributed by atoms with E-state index in [0.717, 1.165) is 25.9 Å². The van der Waals surface area contributed by atoms with E-state index in [2.05, 4.69) is 22.0 Å². The summed E-state index contributed by atoms with van der Waals surface area (Å²) in [4.78, 5) is 24.8. The Bertz CT molecular complexity index is 272. The fraction of sp³-hybridized carbons (Fsp3) is 0.800. The number of ether oxygens (including phenoxy) is 1. The summed E-state index contributed by atoms with van der Waals surface area (Å²) in [5.41, 5.74) is 0. The van der Waals surface area contributed by atoms with Gasteiger partial charge in [-0.1, -0.05) is 0 Å². The predicted molar refractivity (Wildman–Crippen MR) is 53.1 cm³/mol. The third kappa shape index (κ3) is 2.28. The molecule has 2 fully saturated rings. The zero-order chi connectivity index (χ0) is 10.8. The average Bonchev–Trinajstić information content (AvgIpc) is 2.24. The van der Waals surface area contributed by atoms with Crippen LogP contribution in [0.4, 0.5) is 0 Å². The summed E-state index contributed by atoms with van der Waals surface area (Å²) in [7, 11) is 2.05. The molecule has 0 aliphatic carbocycles. The first-order valence-electron chi connectivity index (χ1n) is 5.32. The Kier molecular flexibility index (Phi) is 2.90. The molecule has 1 amide bonds. The normalized spacial score (nSPS) is 28.1. The summed E-state index contributed by atoms with van der Waals surface area (Å²) in [5, 5.41) is 2.72. The predicted octanol–water partition coefficient (Wildman–Crippen LogP) is -0.630. The van der Waals surface area contributed by atoms with E-state index in [4.69, 9.17) is 0 Å². The monoisotopic (exact) mass is 212 g/mol. The number of rotatable bonds is 2. The van der Waals surface area contributed by atoms with Crippen LogP contribution in [0, 0.1) is 5.92 Å². The smallest absolute Gasteiger partial charge is 0.332 e. The van der Waals surface area contributed by atoms with E-state index in [0.29, 0.717) is 6.61 Å². The molecular weight excluding hydrogens is 196 g/mol. The van der Waals surface area contributed by atoms with Gasteiger partial charge >= 0.3 is 5.97 Å². The summed E-state index contributed by atoms with van der Waals surface area (Å²) in [5.74, 6) is -0.240. The van der Waals surface area contributed by atoms with Gasteiger partial charge in [-0.3, -0.25) is 4.79 Å². The number of esters is 1. The molecule has 1 N–H and O–H groups in total. The van der Waals surface area contributed by atoms with Crippen molar-refractivity contribution >= 4 is 11.9 Å². The fourth-order valence-electron chi connectivity index (χ4n) is 1.90. The number of carbonyl (C=O) groups is 2. The van der Waals surface area contributed by atoms with Gasteiger partial charge in [-0.2, -0.15) is 0 Å². The molecule has 2 saturated heterocycles. The molecular formula is C10H16N2O3. The Morgan fingerprint density at radius 2 is 2.13 bits per heavy atom. The molecule has 1 atom stereocenters. The van der Waals surface area contributed by atoms with Gasteiger partial charge in [-0.25, -0.2) is 4.79 Å². The van der Waals surface area contributed by atoms with Crippen LogP contribution in [0.3, 0.4) is 0 Å². The maximum Gasteiger partial charge on any atom is 0.332 e. The van der Waals surface area contributed by atoms with Crippen LogP contribution in [-0.2, 0) is 14.3 Å². The van der Waals surface area contributed by atoms with Gasteiger partial charge in [0.15, 0.2) is 6.04 Å². The van der Waals surface area contributed by atoms with E-state index >= 15 is 0 Å².